The maximum atomic E-state index is 8.78. The number of hydrogen-bond acceptors (Lipinski definition) is 2. The van der Waals surface area contributed by atoms with E-state index in [1.165, 1.54) is 0 Å². The minimum atomic E-state index is 0.0981. The van der Waals surface area contributed by atoms with Crippen LogP contribution >= 0.6 is 28.1 Å². The van der Waals surface area contributed by atoms with Gasteiger partial charge in [0.2, 0.25) is 0 Å². The molecule has 0 heterocycles. The van der Waals surface area contributed by atoms with Gasteiger partial charge in [-0.1, -0.05) is 58.5 Å². The number of thiocarbonyl (C=S) groups is 1. The Morgan fingerprint density at radius 1 is 1.38 bits per heavy atom. The molecule has 0 bridgehead atoms. The molecule has 2 N–H and O–H groups in total. The third-order valence-electron chi connectivity index (χ3n) is 1.77. The first kappa shape index (κ1) is 12.6. The maximum absolute atomic E-state index is 8.78. The zero-order valence-electron chi connectivity index (χ0n) is 8.35. The van der Waals surface area contributed by atoms with Crippen LogP contribution in [0.15, 0.2) is 46.5 Å². The predicted octanol–water partition coefficient (Wildman–Crippen LogP) is 3.16. The Balaban J connectivity index is 2.96. The Labute approximate surface area is 108 Å². The first-order valence-electron chi connectivity index (χ1n) is 4.47. The normalized spacial score (nSPS) is 12.0. The first-order valence-corrected chi connectivity index (χ1v) is 5.67. The second-order valence-electron chi connectivity index (χ2n) is 2.97. The number of nitriles is 1. The highest BCUT2D eigenvalue weighted by Gasteiger charge is 1.99. The summed E-state index contributed by atoms with van der Waals surface area (Å²) in [6.07, 6.45) is 3.49. The van der Waals surface area contributed by atoms with E-state index in [0.29, 0.717) is 0 Å². The van der Waals surface area contributed by atoms with Crippen molar-refractivity contribution in [1.29, 1.82) is 5.26 Å². The van der Waals surface area contributed by atoms with Gasteiger partial charge in [0.1, 0.15) is 11.1 Å². The Bertz CT molecular complexity index is 483. The first-order chi connectivity index (χ1) is 7.63. The van der Waals surface area contributed by atoms with Crippen molar-refractivity contribution in [3.05, 3.63) is 52.0 Å². The summed E-state index contributed by atoms with van der Waals surface area (Å²) in [5.74, 6) is 0. The molecule has 16 heavy (non-hydrogen) atoms. The summed E-state index contributed by atoms with van der Waals surface area (Å²) in [6.45, 7) is 0. The van der Waals surface area contributed by atoms with E-state index in [2.05, 4.69) is 15.9 Å². The maximum Gasteiger partial charge on any atom is 0.114 e. The summed E-state index contributed by atoms with van der Waals surface area (Å²) in [6, 6.07) is 11.7. The third-order valence-corrected chi connectivity index (χ3v) is 2.45. The van der Waals surface area contributed by atoms with Gasteiger partial charge in [-0.2, -0.15) is 5.26 Å². The van der Waals surface area contributed by atoms with Crippen LogP contribution in [0.4, 0.5) is 0 Å². The van der Waals surface area contributed by atoms with Crippen LogP contribution in [0.3, 0.4) is 0 Å². The molecule has 0 aliphatic rings. The van der Waals surface area contributed by atoms with E-state index in [1.54, 1.807) is 6.08 Å². The molecule has 0 aliphatic carbocycles. The lowest BCUT2D eigenvalue weighted by Gasteiger charge is -1.95. The topological polar surface area (TPSA) is 49.8 Å². The van der Waals surface area contributed by atoms with Crippen LogP contribution in [0.25, 0.3) is 6.08 Å². The van der Waals surface area contributed by atoms with Crippen LogP contribution in [-0.4, -0.2) is 4.99 Å². The number of nitrogens with zero attached hydrogens (tertiary/aromatic N) is 1. The molecule has 0 saturated heterocycles. The summed E-state index contributed by atoms with van der Waals surface area (Å²) in [7, 11) is 0. The van der Waals surface area contributed by atoms with E-state index in [1.807, 2.05) is 42.5 Å². The average Bonchev–Trinajstić information content (AvgIpc) is 2.27. The van der Waals surface area contributed by atoms with Crippen LogP contribution < -0.4 is 5.73 Å². The van der Waals surface area contributed by atoms with Crippen molar-refractivity contribution in [2.45, 2.75) is 0 Å². The summed E-state index contributed by atoms with van der Waals surface area (Å²) in [5.41, 5.74) is 6.70. The van der Waals surface area contributed by atoms with Crippen LogP contribution in [0.5, 0.6) is 0 Å². The number of allylic oxidation sites excluding steroid dienone is 2. The Kier molecular flexibility index (Phi) is 4.90. The predicted molar refractivity (Wildman–Crippen MR) is 73.8 cm³/mol. The van der Waals surface area contributed by atoms with Gasteiger partial charge in [0.25, 0.3) is 0 Å². The van der Waals surface area contributed by atoms with E-state index in [-0.39, 0.29) is 10.6 Å². The molecule has 0 atom stereocenters. The van der Waals surface area contributed by atoms with Gasteiger partial charge >= 0.3 is 0 Å². The Morgan fingerprint density at radius 2 is 2.00 bits per heavy atom. The molecular weight excluding hydrogens is 284 g/mol. The molecule has 2 nitrogen and oxygen atoms in total. The Morgan fingerprint density at radius 3 is 2.50 bits per heavy atom. The van der Waals surface area contributed by atoms with Crippen molar-refractivity contribution in [3.63, 3.8) is 0 Å². The van der Waals surface area contributed by atoms with Crippen LogP contribution in [0.2, 0.25) is 0 Å². The molecular formula is C12H9BrN2S. The number of halogens is 1. The van der Waals surface area contributed by atoms with Gasteiger partial charge in [0.05, 0.1) is 5.57 Å². The monoisotopic (exact) mass is 292 g/mol. The molecule has 0 radical (unpaired) electrons. The highest BCUT2D eigenvalue weighted by atomic mass is 79.9. The molecule has 1 aromatic carbocycles. The molecule has 0 spiro atoms. The molecule has 0 fully saturated rings. The number of rotatable bonds is 3. The van der Waals surface area contributed by atoms with Gasteiger partial charge in [-0.05, 0) is 17.7 Å². The lowest BCUT2D eigenvalue weighted by atomic mass is 10.2. The van der Waals surface area contributed by atoms with Crippen molar-refractivity contribution in [3.8, 4) is 6.07 Å². The van der Waals surface area contributed by atoms with Crippen molar-refractivity contribution in [1.82, 2.24) is 0 Å². The highest BCUT2D eigenvalue weighted by Crippen LogP contribution is 2.15. The number of hydrogen-bond donors (Lipinski definition) is 1. The molecule has 0 amide bonds. The van der Waals surface area contributed by atoms with Crippen LogP contribution in [-0.2, 0) is 0 Å². The third kappa shape index (κ3) is 3.97. The summed E-state index contributed by atoms with van der Waals surface area (Å²) >= 11 is 8.08. The minimum absolute atomic E-state index is 0.0981. The molecule has 1 rings (SSSR count). The van der Waals surface area contributed by atoms with E-state index in [0.717, 1.165) is 10.0 Å². The van der Waals surface area contributed by atoms with E-state index in [9.17, 15) is 0 Å². The second kappa shape index (κ2) is 6.21. The molecule has 0 unspecified atom stereocenters. The summed E-state index contributed by atoms with van der Waals surface area (Å²) in [5, 5.41) is 8.78. The largest absolute Gasteiger partial charge is 0.389 e. The lowest BCUT2D eigenvalue weighted by Crippen LogP contribution is -2.09. The minimum Gasteiger partial charge on any atom is -0.389 e. The van der Waals surface area contributed by atoms with Crippen molar-refractivity contribution in [2.24, 2.45) is 5.73 Å². The fourth-order valence-corrected chi connectivity index (χ4v) is 1.64. The van der Waals surface area contributed by atoms with E-state index < -0.39 is 0 Å². The Hall–Kier alpha value is -1.44. The fraction of sp³-hybridized carbons (Fsp3) is 0. The molecule has 0 saturated carbocycles. The van der Waals surface area contributed by atoms with E-state index in [4.69, 9.17) is 23.2 Å². The van der Waals surface area contributed by atoms with Gasteiger partial charge in [0.15, 0.2) is 0 Å². The van der Waals surface area contributed by atoms with Crippen LogP contribution in [0, 0.1) is 11.3 Å². The van der Waals surface area contributed by atoms with Gasteiger partial charge in [-0.3, -0.25) is 0 Å². The zero-order valence-corrected chi connectivity index (χ0v) is 10.8. The number of nitrogens with two attached hydrogens (primary N) is 1. The number of benzene rings is 1. The zero-order chi connectivity index (χ0) is 12.0. The van der Waals surface area contributed by atoms with Crippen molar-refractivity contribution in [2.75, 3.05) is 0 Å². The SMILES string of the molecule is N#CC(=CC(Br)=Cc1ccccc1)C(N)=S. The van der Waals surface area contributed by atoms with Crippen molar-refractivity contribution >= 4 is 39.2 Å². The van der Waals surface area contributed by atoms with Gasteiger partial charge < -0.3 is 5.73 Å². The molecule has 1 aromatic rings. The average molecular weight is 293 g/mol. The summed E-state index contributed by atoms with van der Waals surface area (Å²) in [4.78, 5) is 0.0981. The van der Waals surface area contributed by atoms with Crippen molar-refractivity contribution < 1.29 is 0 Å². The van der Waals surface area contributed by atoms with Gasteiger partial charge in [-0.15, -0.1) is 0 Å². The summed E-state index contributed by atoms with van der Waals surface area (Å²) < 4.78 is 0.753. The second-order valence-corrected chi connectivity index (χ2v) is 4.33. The van der Waals surface area contributed by atoms with Gasteiger partial charge in [-0.25, -0.2) is 0 Å². The molecule has 0 aromatic heterocycles. The highest BCUT2D eigenvalue weighted by molar-refractivity contribution is 9.12. The lowest BCUT2D eigenvalue weighted by molar-refractivity contribution is 1.51. The van der Waals surface area contributed by atoms with E-state index >= 15 is 0 Å². The quantitative estimate of drug-likeness (QED) is 0.403. The standard InChI is InChI=1S/C12H9BrN2S/c13-11(7-10(8-14)12(15)16)6-9-4-2-1-3-5-9/h1-7H,(H2,15,16). The van der Waals surface area contributed by atoms with Crippen LogP contribution in [0.1, 0.15) is 5.56 Å². The smallest absolute Gasteiger partial charge is 0.114 e. The molecule has 0 aliphatic heterocycles. The van der Waals surface area contributed by atoms with Gasteiger partial charge in [0, 0.05) is 4.48 Å². The fourth-order valence-electron chi connectivity index (χ4n) is 1.05. The molecule has 4 heteroatoms. The molecule has 80 valence electrons.